The minimum absolute atomic E-state index is 0.0116. The molecule has 1 aromatic heterocycles. The summed E-state index contributed by atoms with van der Waals surface area (Å²) >= 11 is 0. The number of ether oxygens (including phenoxy) is 1. The molecule has 3 rings (SSSR count). The smallest absolute Gasteiger partial charge is 0.258 e. The summed E-state index contributed by atoms with van der Waals surface area (Å²) in [4.78, 5) is 23.4. The lowest BCUT2D eigenvalue weighted by molar-refractivity contribution is -0.123. The fraction of sp³-hybridized carbons (Fsp3) is 0.450. The van der Waals surface area contributed by atoms with Crippen LogP contribution in [0, 0.1) is 6.92 Å². The number of benzene rings is 1. The van der Waals surface area contributed by atoms with Gasteiger partial charge in [0.05, 0.1) is 0 Å². The lowest BCUT2D eigenvalue weighted by Crippen LogP contribution is -2.44. The molecule has 0 aliphatic carbocycles. The second-order valence-electron chi connectivity index (χ2n) is 6.97. The maximum absolute atomic E-state index is 11.8. The van der Waals surface area contributed by atoms with Crippen LogP contribution in [-0.2, 0) is 4.79 Å². The van der Waals surface area contributed by atoms with E-state index >= 15 is 0 Å². The Hall–Kier alpha value is -2.67. The van der Waals surface area contributed by atoms with Crippen LogP contribution >= 0.6 is 0 Å². The topological polar surface area (TPSA) is 79.4 Å². The standard InChI is InChI=1S/C20H27N5O2/c1-14(2)22-19(26)13-27-17-6-4-5-16(12-17)20-23-15(3)11-18(24-20)25-9-7-21-8-10-25/h4-6,11-12,14,21H,7-10,13H2,1-3H3,(H,22,26). The molecule has 1 aromatic carbocycles. The number of amides is 1. The third kappa shape index (κ3) is 5.40. The molecule has 2 heterocycles. The molecule has 0 radical (unpaired) electrons. The average Bonchev–Trinajstić information content (AvgIpc) is 2.66. The first-order valence-electron chi connectivity index (χ1n) is 9.35. The van der Waals surface area contributed by atoms with Gasteiger partial charge in [-0.2, -0.15) is 0 Å². The van der Waals surface area contributed by atoms with Crippen molar-refractivity contribution in [1.82, 2.24) is 20.6 Å². The van der Waals surface area contributed by atoms with E-state index in [2.05, 4.69) is 20.5 Å². The van der Waals surface area contributed by atoms with Gasteiger partial charge in [-0.05, 0) is 32.9 Å². The number of aryl methyl sites for hydroxylation is 1. The zero-order chi connectivity index (χ0) is 19.2. The third-order valence-electron chi connectivity index (χ3n) is 4.19. The van der Waals surface area contributed by atoms with Gasteiger partial charge in [0.2, 0.25) is 0 Å². The van der Waals surface area contributed by atoms with E-state index in [-0.39, 0.29) is 18.6 Å². The van der Waals surface area contributed by atoms with Gasteiger partial charge in [0.1, 0.15) is 11.6 Å². The van der Waals surface area contributed by atoms with E-state index < -0.39 is 0 Å². The van der Waals surface area contributed by atoms with Gasteiger partial charge in [-0.25, -0.2) is 9.97 Å². The highest BCUT2D eigenvalue weighted by molar-refractivity contribution is 5.77. The Morgan fingerprint density at radius 1 is 1.26 bits per heavy atom. The number of nitrogens with zero attached hydrogens (tertiary/aromatic N) is 3. The molecule has 2 N–H and O–H groups in total. The van der Waals surface area contributed by atoms with Gasteiger partial charge in [-0.15, -0.1) is 0 Å². The van der Waals surface area contributed by atoms with Gasteiger partial charge in [0, 0.05) is 49.5 Å². The van der Waals surface area contributed by atoms with Gasteiger partial charge in [0.25, 0.3) is 5.91 Å². The number of aromatic nitrogens is 2. The molecule has 1 amide bonds. The molecule has 0 saturated carbocycles. The lowest BCUT2D eigenvalue weighted by Gasteiger charge is -2.28. The first-order chi connectivity index (χ1) is 13.0. The second kappa shape index (κ2) is 8.81. The SMILES string of the molecule is Cc1cc(N2CCNCC2)nc(-c2cccc(OCC(=O)NC(C)C)c2)n1. The number of carbonyl (C=O) groups excluding carboxylic acids is 1. The van der Waals surface area contributed by atoms with E-state index in [1.807, 2.05) is 51.1 Å². The summed E-state index contributed by atoms with van der Waals surface area (Å²) < 4.78 is 5.62. The Morgan fingerprint density at radius 3 is 2.78 bits per heavy atom. The maximum Gasteiger partial charge on any atom is 0.258 e. The van der Waals surface area contributed by atoms with Crippen molar-refractivity contribution in [2.24, 2.45) is 0 Å². The summed E-state index contributed by atoms with van der Waals surface area (Å²) in [7, 11) is 0. The summed E-state index contributed by atoms with van der Waals surface area (Å²) in [5, 5.41) is 6.16. The van der Waals surface area contributed by atoms with Crippen LogP contribution in [0.4, 0.5) is 5.82 Å². The van der Waals surface area contributed by atoms with E-state index in [1.54, 1.807) is 0 Å². The zero-order valence-electron chi connectivity index (χ0n) is 16.2. The molecule has 0 unspecified atom stereocenters. The third-order valence-corrected chi connectivity index (χ3v) is 4.19. The van der Waals surface area contributed by atoms with Gasteiger partial charge < -0.3 is 20.3 Å². The average molecular weight is 369 g/mol. The number of anilines is 1. The van der Waals surface area contributed by atoms with E-state index in [9.17, 15) is 4.79 Å². The first kappa shape index (κ1) is 19.1. The molecule has 144 valence electrons. The number of carbonyl (C=O) groups is 1. The van der Waals surface area contributed by atoms with Crippen molar-refractivity contribution < 1.29 is 9.53 Å². The predicted molar refractivity (Wildman–Crippen MR) is 106 cm³/mol. The molecule has 0 atom stereocenters. The summed E-state index contributed by atoms with van der Waals surface area (Å²) in [5.41, 5.74) is 1.80. The van der Waals surface area contributed by atoms with Crippen LogP contribution in [-0.4, -0.2) is 54.7 Å². The summed E-state index contributed by atoms with van der Waals surface area (Å²) in [6, 6.07) is 9.67. The first-order valence-corrected chi connectivity index (χ1v) is 9.35. The zero-order valence-corrected chi connectivity index (χ0v) is 16.2. The van der Waals surface area contributed by atoms with Crippen molar-refractivity contribution in [3.05, 3.63) is 36.0 Å². The molecule has 27 heavy (non-hydrogen) atoms. The molecule has 1 aliphatic heterocycles. The maximum atomic E-state index is 11.8. The molecule has 2 aromatic rings. The van der Waals surface area contributed by atoms with Crippen molar-refractivity contribution in [2.75, 3.05) is 37.7 Å². The quantitative estimate of drug-likeness (QED) is 0.808. The molecule has 0 bridgehead atoms. The van der Waals surface area contributed by atoms with Crippen LogP contribution in [0.3, 0.4) is 0 Å². The van der Waals surface area contributed by atoms with Crippen molar-refractivity contribution >= 4 is 11.7 Å². The van der Waals surface area contributed by atoms with E-state index in [0.717, 1.165) is 43.3 Å². The van der Waals surface area contributed by atoms with Crippen LogP contribution in [0.1, 0.15) is 19.5 Å². The predicted octanol–water partition coefficient (Wildman–Crippen LogP) is 1.77. The molecule has 7 nitrogen and oxygen atoms in total. The summed E-state index contributed by atoms with van der Waals surface area (Å²) in [6.45, 7) is 9.59. The number of nitrogens with one attached hydrogen (secondary N) is 2. The van der Waals surface area contributed by atoms with Crippen LogP contribution in [0.2, 0.25) is 0 Å². The number of piperazine rings is 1. The monoisotopic (exact) mass is 369 g/mol. The molecule has 1 saturated heterocycles. The highest BCUT2D eigenvalue weighted by Gasteiger charge is 2.14. The van der Waals surface area contributed by atoms with E-state index in [0.29, 0.717) is 11.6 Å². The van der Waals surface area contributed by atoms with Crippen molar-refractivity contribution in [2.45, 2.75) is 26.8 Å². The highest BCUT2D eigenvalue weighted by atomic mass is 16.5. The van der Waals surface area contributed by atoms with Crippen molar-refractivity contribution in [3.8, 4) is 17.1 Å². The molecular weight excluding hydrogens is 342 g/mol. The largest absolute Gasteiger partial charge is 0.484 e. The summed E-state index contributed by atoms with van der Waals surface area (Å²) in [6.07, 6.45) is 0. The molecular formula is C20H27N5O2. The van der Waals surface area contributed by atoms with Crippen molar-refractivity contribution in [3.63, 3.8) is 0 Å². The Morgan fingerprint density at radius 2 is 2.04 bits per heavy atom. The second-order valence-corrected chi connectivity index (χ2v) is 6.97. The van der Waals surface area contributed by atoms with Crippen LogP contribution in [0.5, 0.6) is 5.75 Å². The number of rotatable bonds is 6. The normalized spacial score (nSPS) is 14.3. The van der Waals surface area contributed by atoms with Crippen molar-refractivity contribution in [1.29, 1.82) is 0 Å². The fourth-order valence-corrected chi connectivity index (χ4v) is 2.97. The lowest BCUT2D eigenvalue weighted by atomic mass is 10.2. The molecule has 1 aliphatic rings. The molecule has 7 heteroatoms. The summed E-state index contributed by atoms with van der Waals surface area (Å²) in [5.74, 6) is 2.10. The van der Waals surface area contributed by atoms with E-state index in [4.69, 9.17) is 9.72 Å². The molecule has 0 spiro atoms. The minimum Gasteiger partial charge on any atom is -0.484 e. The minimum atomic E-state index is -0.136. The van der Waals surface area contributed by atoms with Crippen LogP contribution < -0.4 is 20.3 Å². The van der Waals surface area contributed by atoms with Gasteiger partial charge in [-0.1, -0.05) is 12.1 Å². The van der Waals surface area contributed by atoms with E-state index in [1.165, 1.54) is 0 Å². The Labute approximate surface area is 160 Å². The van der Waals surface area contributed by atoms with Crippen LogP contribution in [0.25, 0.3) is 11.4 Å². The fourth-order valence-electron chi connectivity index (χ4n) is 2.97. The Kier molecular flexibility index (Phi) is 6.24. The Balaban J connectivity index is 1.76. The van der Waals surface area contributed by atoms with Gasteiger partial charge in [0.15, 0.2) is 12.4 Å². The highest BCUT2D eigenvalue weighted by Crippen LogP contribution is 2.24. The number of hydrogen-bond donors (Lipinski definition) is 2. The Bertz CT molecular complexity index is 788. The van der Waals surface area contributed by atoms with Gasteiger partial charge >= 0.3 is 0 Å². The number of hydrogen-bond acceptors (Lipinski definition) is 6. The van der Waals surface area contributed by atoms with Crippen LogP contribution in [0.15, 0.2) is 30.3 Å². The van der Waals surface area contributed by atoms with Gasteiger partial charge in [-0.3, -0.25) is 4.79 Å². The molecule has 1 fully saturated rings.